The molecule has 1 aromatic rings. The first-order valence-corrected chi connectivity index (χ1v) is 7.00. The average molecular weight is 261 g/mol. The smallest absolute Gasteiger partial charge is 0.120 e. The molecule has 1 aliphatic rings. The molecular weight excluding hydrogens is 238 g/mol. The summed E-state index contributed by atoms with van der Waals surface area (Å²) in [5.41, 5.74) is 3.12. The van der Waals surface area contributed by atoms with Gasteiger partial charge in [-0.1, -0.05) is 0 Å². The van der Waals surface area contributed by atoms with Crippen LogP contribution in [0.4, 0.5) is 0 Å². The van der Waals surface area contributed by atoms with Crippen molar-refractivity contribution in [1.82, 2.24) is 9.47 Å². The highest BCUT2D eigenvalue weighted by molar-refractivity contribution is 5.34. The quantitative estimate of drug-likeness (QED) is 0.901. The highest BCUT2D eigenvalue weighted by Gasteiger charge is 2.26. The third-order valence-corrected chi connectivity index (χ3v) is 4.24. The molecule has 0 amide bonds. The van der Waals surface area contributed by atoms with Crippen molar-refractivity contribution in [3.05, 3.63) is 23.0 Å². The lowest BCUT2D eigenvalue weighted by atomic mass is 10.1. The summed E-state index contributed by atoms with van der Waals surface area (Å²) in [6, 6.07) is 4.70. The zero-order valence-electron chi connectivity index (χ0n) is 12.1. The molecule has 0 aromatic carbocycles. The number of nitrogens with zero attached hydrogens (tertiary/aromatic N) is 3. The average Bonchev–Trinajstić information content (AvgIpc) is 2.89. The predicted molar refractivity (Wildman–Crippen MR) is 74.6 cm³/mol. The molecule has 4 nitrogen and oxygen atoms in total. The van der Waals surface area contributed by atoms with E-state index in [-0.39, 0.29) is 6.10 Å². The van der Waals surface area contributed by atoms with Crippen LogP contribution in [0.25, 0.3) is 0 Å². The van der Waals surface area contributed by atoms with E-state index in [0.717, 1.165) is 25.2 Å². The molecule has 4 heteroatoms. The standard InChI is InChI=1S/C15H23N3O/c1-11(19)7-14-5-4-6-18(14)10-13-8-15(9-16)17(3)12(13)2/h8,11,14,19H,4-7,10H2,1-3H3. The lowest BCUT2D eigenvalue weighted by molar-refractivity contribution is 0.130. The number of likely N-dealkylation sites (tertiary alicyclic amines) is 1. The van der Waals surface area contributed by atoms with Crippen molar-refractivity contribution in [2.45, 2.75) is 51.8 Å². The second kappa shape index (κ2) is 5.77. The van der Waals surface area contributed by atoms with E-state index in [9.17, 15) is 5.11 Å². The Morgan fingerprint density at radius 1 is 1.58 bits per heavy atom. The van der Waals surface area contributed by atoms with Gasteiger partial charge in [-0.05, 0) is 51.3 Å². The molecule has 2 heterocycles. The van der Waals surface area contributed by atoms with Crippen LogP contribution in [-0.4, -0.2) is 33.3 Å². The zero-order chi connectivity index (χ0) is 14.0. The van der Waals surface area contributed by atoms with Gasteiger partial charge in [0, 0.05) is 25.3 Å². The lowest BCUT2D eigenvalue weighted by Crippen LogP contribution is -2.31. The van der Waals surface area contributed by atoms with E-state index in [1.165, 1.54) is 24.1 Å². The Hall–Kier alpha value is -1.31. The summed E-state index contributed by atoms with van der Waals surface area (Å²) < 4.78 is 1.95. The van der Waals surface area contributed by atoms with Crippen LogP contribution < -0.4 is 0 Å². The molecule has 0 radical (unpaired) electrons. The maximum absolute atomic E-state index is 9.56. The van der Waals surface area contributed by atoms with Gasteiger partial charge in [-0.2, -0.15) is 5.26 Å². The lowest BCUT2D eigenvalue weighted by Gasteiger charge is -2.25. The Bertz CT molecular complexity index is 484. The Kier molecular flexibility index (Phi) is 4.28. The zero-order valence-corrected chi connectivity index (χ0v) is 12.1. The van der Waals surface area contributed by atoms with Crippen LogP contribution >= 0.6 is 0 Å². The number of aromatic nitrogens is 1. The molecule has 1 N–H and O–H groups in total. The maximum Gasteiger partial charge on any atom is 0.120 e. The number of aliphatic hydroxyl groups is 1. The predicted octanol–water partition coefficient (Wildman–Crippen LogP) is 1.94. The van der Waals surface area contributed by atoms with E-state index >= 15 is 0 Å². The molecular formula is C15H23N3O. The summed E-state index contributed by atoms with van der Waals surface area (Å²) in [5, 5.41) is 18.6. The van der Waals surface area contributed by atoms with Crippen molar-refractivity contribution >= 4 is 0 Å². The van der Waals surface area contributed by atoms with Crippen LogP contribution in [0.2, 0.25) is 0 Å². The summed E-state index contributed by atoms with van der Waals surface area (Å²) in [5.74, 6) is 0. The molecule has 2 atom stereocenters. The molecule has 0 spiro atoms. The largest absolute Gasteiger partial charge is 0.393 e. The molecule has 2 unspecified atom stereocenters. The number of nitriles is 1. The number of hydrogen-bond acceptors (Lipinski definition) is 3. The van der Waals surface area contributed by atoms with Crippen molar-refractivity contribution in [2.75, 3.05) is 6.54 Å². The van der Waals surface area contributed by atoms with Crippen LogP contribution in [0.3, 0.4) is 0 Å². The van der Waals surface area contributed by atoms with Gasteiger partial charge in [-0.15, -0.1) is 0 Å². The minimum absolute atomic E-state index is 0.239. The van der Waals surface area contributed by atoms with E-state index in [2.05, 4.69) is 17.9 Å². The van der Waals surface area contributed by atoms with Crippen molar-refractivity contribution in [2.24, 2.45) is 7.05 Å². The molecule has 104 valence electrons. The fraction of sp³-hybridized carbons (Fsp3) is 0.667. The van der Waals surface area contributed by atoms with E-state index in [1.54, 1.807) is 0 Å². The van der Waals surface area contributed by atoms with Crippen LogP contribution in [0, 0.1) is 18.3 Å². The number of aliphatic hydroxyl groups excluding tert-OH is 1. The maximum atomic E-state index is 9.56. The SMILES string of the molecule is Cc1c(CN2CCCC2CC(C)O)cc(C#N)n1C. The highest BCUT2D eigenvalue weighted by Crippen LogP contribution is 2.25. The second-order valence-electron chi connectivity index (χ2n) is 5.66. The van der Waals surface area contributed by atoms with Gasteiger partial charge in [0.15, 0.2) is 0 Å². The Morgan fingerprint density at radius 3 is 2.89 bits per heavy atom. The summed E-state index contributed by atoms with van der Waals surface area (Å²) in [4.78, 5) is 2.44. The molecule has 0 aliphatic carbocycles. The van der Waals surface area contributed by atoms with Crippen molar-refractivity contribution < 1.29 is 5.11 Å². The Labute approximate surface area is 115 Å². The first kappa shape index (κ1) is 14.1. The number of rotatable bonds is 4. The summed E-state index contributed by atoms with van der Waals surface area (Å²) >= 11 is 0. The van der Waals surface area contributed by atoms with Gasteiger partial charge in [0.1, 0.15) is 11.8 Å². The van der Waals surface area contributed by atoms with Gasteiger partial charge >= 0.3 is 0 Å². The summed E-state index contributed by atoms with van der Waals surface area (Å²) in [7, 11) is 1.94. The Balaban J connectivity index is 2.10. The normalized spacial score (nSPS) is 21.5. The molecule has 0 bridgehead atoms. The van der Waals surface area contributed by atoms with Gasteiger partial charge in [0.25, 0.3) is 0 Å². The fourth-order valence-corrected chi connectivity index (χ4v) is 3.01. The molecule has 1 aliphatic heterocycles. The van der Waals surface area contributed by atoms with Gasteiger partial charge < -0.3 is 9.67 Å². The van der Waals surface area contributed by atoms with E-state index in [4.69, 9.17) is 5.26 Å². The topological polar surface area (TPSA) is 52.2 Å². The minimum Gasteiger partial charge on any atom is -0.393 e. The van der Waals surface area contributed by atoms with Crippen molar-refractivity contribution in [3.63, 3.8) is 0 Å². The second-order valence-corrected chi connectivity index (χ2v) is 5.66. The third-order valence-electron chi connectivity index (χ3n) is 4.24. The van der Waals surface area contributed by atoms with E-state index in [0.29, 0.717) is 6.04 Å². The van der Waals surface area contributed by atoms with Crippen molar-refractivity contribution in [3.8, 4) is 6.07 Å². The molecule has 19 heavy (non-hydrogen) atoms. The molecule has 0 saturated carbocycles. The first-order valence-electron chi connectivity index (χ1n) is 7.00. The molecule has 1 fully saturated rings. The third kappa shape index (κ3) is 2.99. The monoisotopic (exact) mass is 261 g/mol. The summed E-state index contributed by atoms with van der Waals surface area (Å²) in [6.45, 7) is 5.90. The summed E-state index contributed by atoms with van der Waals surface area (Å²) in [6.07, 6.45) is 2.98. The number of hydrogen-bond donors (Lipinski definition) is 1. The fourth-order valence-electron chi connectivity index (χ4n) is 3.01. The van der Waals surface area contributed by atoms with Gasteiger partial charge in [0.2, 0.25) is 0 Å². The van der Waals surface area contributed by atoms with E-state index in [1.807, 2.05) is 24.6 Å². The van der Waals surface area contributed by atoms with Gasteiger partial charge in [0.05, 0.1) is 6.10 Å². The van der Waals surface area contributed by atoms with Crippen LogP contribution in [0.15, 0.2) is 6.07 Å². The first-order chi connectivity index (χ1) is 9.02. The Morgan fingerprint density at radius 2 is 2.32 bits per heavy atom. The van der Waals surface area contributed by atoms with Crippen LogP contribution in [0.5, 0.6) is 0 Å². The van der Waals surface area contributed by atoms with Crippen LogP contribution in [-0.2, 0) is 13.6 Å². The van der Waals surface area contributed by atoms with Gasteiger partial charge in [-0.3, -0.25) is 4.90 Å². The van der Waals surface area contributed by atoms with E-state index < -0.39 is 0 Å². The van der Waals surface area contributed by atoms with Crippen molar-refractivity contribution in [1.29, 1.82) is 5.26 Å². The molecule has 1 aromatic heterocycles. The minimum atomic E-state index is -0.239. The van der Waals surface area contributed by atoms with Gasteiger partial charge in [-0.25, -0.2) is 0 Å². The molecule has 2 rings (SSSR count). The molecule has 1 saturated heterocycles. The van der Waals surface area contributed by atoms with Crippen LogP contribution in [0.1, 0.15) is 43.1 Å². The highest BCUT2D eigenvalue weighted by atomic mass is 16.3.